The van der Waals surface area contributed by atoms with Gasteiger partial charge in [0.1, 0.15) is 5.52 Å². The lowest BCUT2D eigenvalue weighted by Gasteiger charge is -2.12. The number of thiocarbonyl (C=S) groups is 1. The maximum atomic E-state index is 12.5. The van der Waals surface area contributed by atoms with Crippen LogP contribution in [0.1, 0.15) is 22.8 Å². The first kappa shape index (κ1) is 22.3. The van der Waals surface area contributed by atoms with Gasteiger partial charge >= 0.3 is 0 Å². The Morgan fingerprint density at radius 2 is 1.76 bits per heavy atom. The maximum Gasteiger partial charge on any atom is 0.257 e. The summed E-state index contributed by atoms with van der Waals surface area (Å²) in [5.41, 5.74) is 4.77. The summed E-state index contributed by atoms with van der Waals surface area (Å²) in [6, 6.07) is 18.4. The average molecular weight is 462 g/mol. The van der Waals surface area contributed by atoms with E-state index in [1.165, 1.54) is 19.8 Å². The zero-order valence-corrected chi connectivity index (χ0v) is 19.3. The summed E-state index contributed by atoms with van der Waals surface area (Å²) in [6.07, 6.45) is 0.945. The first-order chi connectivity index (χ1) is 16.0. The third-order valence-corrected chi connectivity index (χ3v) is 5.33. The standard InChI is InChI=1S/C25H23N3O4S/c1-4-15-5-11-20-19(13-15)27-24(32-20)16-6-9-18(10-7-16)26-25(33)28-23(29)17-8-12-21(30-2)22(14-17)31-3/h5-14H,4H2,1-3H3,(H2,26,28,29,33). The minimum atomic E-state index is -0.358. The number of oxazole rings is 1. The largest absolute Gasteiger partial charge is 0.493 e. The molecule has 0 saturated carbocycles. The summed E-state index contributed by atoms with van der Waals surface area (Å²) >= 11 is 5.29. The number of hydrogen-bond donors (Lipinski definition) is 2. The molecule has 8 heteroatoms. The number of rotatable bonds is 6. The molecule has 1 heterocycles. The number of methoxy groups -OCH3 is 2. The highest BCUT2D eigenvalue weighted by molar-refractivity contribution is 7.80. The van der Waals surface area contributed by atoms with E-state index in [1.807, 2.05) is 42.5 Å². The average Bonchev–Trinajstić information content (AvgIpc) is 3.27. The predicted molar refractivity (Wildman–Crippen MR) is 132 cm³/mol. The van der Waals surface area contributed by atoms with Crippen LogP contribution in [0.5, 0.6) is 11.5 Å². The fourth-order valence-corrected chi connectivity index (χ4v) is 3.54. The first-order valence-corrected chi connectivity index (χ1v) is 10.8. The van der Waals surface area contributed by atoms with Crippen molar-refractivity contribution < 1.29 is 18.7 Å². The molecule has 4 rings (SSSR count). The van der Waals surface area contributed by atoms with Gasteiger partial charge in [0, 0.05) is 16.8 Å². The molecule has 3 aromatic carbocycles. The van der Waals surface area contributed by atoms with Crippen LogP contribution in [0.4, 0.5) is 5.69 Å². The number of hydrogen-bond acceptors (Lipinski definition) is 6. The fraction of sp³-hybridized carbons (Fsp3) is 0.160. The molecule has 0 spiro atoms. The molecule has 0 aliphatic heterocycles. The molecule has 2 N–H and O–H groups in total. The minimum absolute atomic E-state index is 0.177. The fourth-order valence-electron chi connectivity index (χ4n) is 3.33. The van der Waals surface area contributed by atoms with Gasteiger partial charge in [-0.05, 0) is 78.8 Å². The van der Waals surface area contributed by atoms with Gasteiger partial charge in [-0.2, -0.15) is 0 Å². The second-order valence-electron chi connectivity index (χ2n) is 7.23. The second kappa shape index (κ2) is 9.70. The molecule has 4 aromatic rings. The Hall–Kier alpha value is -3.91. The molecule has 0 fully saturated rings. The molecular formula is C25H23N3O4S. The van der Waals surface area contributed by atoms with E-state index in [4.69, 9.17) is 26.1 Å². The Morgan fingerprint density at radius 1 is 1.00 bits per heavy atom. The molecule has 0 unspecified atom stereocenters. The van der Waals surface area contributed by atoms with E-state index < -0.39 is 0 Å². The third-order valence-electron chi connectivity index (χ3n) is 5.12. The number of anilines is 1. The zero-order chi connectivity index (χ0) is 23.4. The van der Waals surface area contributed by atoms with Gasteiger partial charge in [-0.3, -0.25) is 10.1 Å². The van der Waals surface area contributed by atoms with Crippen molar-refractivity contribution in [3.63, 3.8) is 0 Å². The van der Waals surface area contributed by atoms with Crippen LogP contribution in [0, 0.1) is 0 Å². The van der Waals surface area contributed by atoms with Crippen LogP contribution in [0.25, 0.3) is 22.6 Å². The Kier molecular flexibility index (Phi) is 6.55. The molecule has 0 saturated heterocycles. The van der Waals surface area contributed by atoms with Crippen LogP contribution in [0.2, 0.25) is 0 Å². The lowest BCUT2D eigenvalue weighted by Crippen LogP contribution is -2.34. The molecule has 0 aliphatic carbocycles. The second-order valence-corrected chi connectivity index (χ2v) is 7.64. The zero-order valence-electron chi connectivity index (χ0n) is 18.5. The molecule has 1 amide bonds. The number of aromatic nitrogens is 1. The smallest absolute Gasteiger partial charge is 0.257 e. The molecule has 33 heavy (non-hydrogen) atoms. The molecule has 0 bridgehead atoms. The number of carbonyl (C=O) groups is 1. The number of amides is 1. The van der Waals surface area contributed by atoms with E-state index in [9.17, 15) is 4.79 Å². The van der Waals surface area contributed by atoms with Crippen molar-refractivity contribution in [1.82, 2.24) is 10.3 Å². The van der Waals surface area contributed by atoms with Gasteiger partial charge in [-0.25, -0.2) is 4.98 Å². The minimum Gasteiger partial charge on any atom is -0.493 e. The van der Waals surface area contributed by atoms with E-state index in [2.05, 4.69) is 22.5 Å². The molecule has 0 radical (unpaired) electrons. The number of carbonyl (C=O) groups excluding carboxylic acids is 1. The summed E-state index contributed by atoms with van der Waals surface area (Å²) < 4.78 is 16.3. The summed E-state index contributed by atoms with van der Waals surface area (Å²) in [4.78, 5) is 17.1. The molecule has 1 aromatic heterocycles. The maximum absolute atomic E-state index is 12.5. The lowest BCUT2D eigenvalue weighted by molar-refractivity contribution is 0.0977. The van der Waals surface area contributed by atoms with Crippen molar-refractivity contribution in [3.8, 4) is 23.0 Å². The molecule has 0 aliphatic rings. The van der Waals surface area contributed by atoms with Crippen molar-refractivity contribution in [2.75, 3.05) is 19.5 Å². The van der Waals surface area contributed by atoms with Crippen LogP contribution in [0.3, 0.4) is 0 Å². The summed E-state index contributed by atoms with van der Waals surface area (Å²) in [6.45, 7) is 2.11. The van der Waals surface area contributed by atoms with Crippen LogP contribution >= 0.6 is 12.2 Å². The first-order valence-electron chi connectivity index (χ1n) is 10.3. The SMILES string of the molecule is CCc1ccc2oc(-c3ccc(NC(=S)NC(=O)c4ccc(OC)c(OC)c4)cc3)nc2c1. The highest BCUT2D eigenvalue weighted by atomic mass is 32.1. The lowest BCUT2D eigenvalue weighted by atomic mass is 10.1. The monoisotopic (exact) mass is 461 g/mol. The highest BCUT2D eigenvalue weighted by Crippen LogP contribution is 2.28. The van der Waals surface area contributed by atoms with Gasteiger partial charge in [0.2, 0.25) is 5.89 Å². The quantitative estimate of drug-likeness (QED) is 0.382. The van der Waals surface area contributed by atoms with Gasteiger partial charge in [0.15, 0.2) is 22.2 Å². The van der Waals surface area contributed by atoms with Gasteiger partial charge in [0.05, 0.1) is 14.2 Å². The van der Waals surface area contributed by atoms with Crippen molar-refractivity contribution in [2.45, 2.75) is 13.3 Å². The van der Waals surface area contributed by atoms with E-state index in [0.29, 0.717) is 23.0 Å². The van der Waals surface area contributed by atoms with E-state index in [0.717, 1.165) is 28.8 Å². The number of aryl methyl sites for hydroxylation is 1. The molecular weight excluding hydrogens is 438 g/mol. The van der Waals surface area contributed by atoms with Crippen LogP contribution < -0.4 is 20.1 Å². The van der Waals surface area contributed by atoms with E-state index in [-0.39, 0.29) is 11.0 Å². The van der Waals surface area contributed by atoms with Crippen LogP contribution in [-0.4, -0.2) is 30.2 Å². The van der Waals surface area contributed by atoms with Gasteiger partial charge in [-0.1, -0.05) is 13.0 Å². The Labute approximate surface area is 196 Å². The van der Waals surface area contributed by atoms with Gasteiger partial charge in [0.25, 0.3) is 5.91 Å². The number of ether oxygens (including phenoxy) is 2. The van der Waals surface area contributed by atoms with Crippen molar-refractivity contribution in [3.05, 3.63) is 71.8 Å². The number of benzene rings is 3. The molecule has 168 valence electrons. The number of nitrogens with one attached hydrogen (secondary N) is 2. The third kappa shape index (κ3) is 4.96. The topological polar surface area (TPSA) is 85.6 Å². The Morgan fingerprint density at radius 3 is 2.45 bits per heavy atom. The van der Waals surface area contributed by atoms with Crippen molar-refractivity contribution >= 4 is 40.0 Å². The van der Waals surface area contributed by atoms with E-state index in [1.54, 1.807) is 18.2 Å². The highest BCUT2D eigenvalue weighted by Gasteiger charge is 2.13. The summed E-state index contributed by atoms with van der Waals surface area (Å²) in [5.74, 6) is 1.20. The molecule has 7 nitrogen and oxygen atoms in total. The van der Waals surface area contributed by atoms with Crippen LogP contribution in [0.15, 0.2) is 65.1 Å². The summed E-state index contributed by atoms with van der Waals surface area (Å²) in [7, 11) is 3.05. The van der Waals surface area contributed by atoms with E-state index >= 15 is 0 Å². The van der Waals surface area contributed by atoms with Crippen molar-refractivity contribution in [2.24, 2.45) is 0 Å². The number of nitrogens with zero attached hydrogens (tertiary/aromatic N) is 1. The number of fused-ring (bicyclic) bond motifs is 1. The van der Waals surface area contributed by atoms with Crippen molar-refractivity contribution in [1.29, 1.82) is 0 Å². The van der Waals surface area contributed by atoms with Crippen LogP contribution in [-0.2, 0) is 6.42 Å². The Balaban J connectivity index is 1.41. The van der Waals surface area contributed by atoms with Gasteiger partial charge < -0.3 is 19.2 Å². The molecule has 0 atom stereocenters. The summed E-state index contributed by atoms with van der Waals surface area (Å²) in [5, 5.41) is 5.85. The Bertz CT molecular complexity index is 1320. The normalized spacial score (nSPS) is 10.6. The van der Waals surface area contributed by atoms with Gasteiger partial charge in [-0.15, -0.1) is 0 Å². The predicted octanol–water partition coefficient (Wildman–Crippen LogP) is 5.20.